The van der Waals surface area contributed by atoms with Crippen molar-refractivity contribution in [1.82, 2.24) is 5.32 Å². The predicted octanol–water partition coefficient (Wildman–Crippen LogP) is 5.56. The Morgan fingerprint density at radius 1 is 0.950 bits per heavy atom. The Balaban J connectivity index is 2.20. The Hall–Kier alpha value is -0.820. The molecule has 1 aromatic rings. The molecule has 0 saturated heterocycles. The monoisotopic (exact) mass is 275 g/mol. The summed E-state index contributed by atoms with van der Waals surface area (Å²) < 4.78 is 0. The average Bonchev–Trinajstić information content (AvgIpc) is 2.39. The third-order valence-electron chi connectivity index (χ3n) is 4.06. The summed E-state index contributed by atoms with van der Waals surface area (Å²) in [7, 11) is 0. The van der Waals surface area contributed by atoms with Crippen LogP contribution < -0.4 is 5.32 Å². The first-order valence-corrected chi connectivity index (χ1v) is 8.31. The first-order chi connectivity index (χ1) is 9.50. The first-order valence-electron chi connectivity index (χ1n) is 8.31. The fraction of sp³-hybridized carbons (Fsp3) is 0.684. The average molecular weight is 275 g/mol. The zero-order valence-corrected chi connectivity index (χ0v) is 14.1. The Bertz CT molecular complexity index is 381. The largest absolute Gasteiger partial charge is 0.310 e. The van der Waals surface area contributed by atoms with Crippen LogP contribution in [0.2, 0.25) is 0 Å². The van der Waals surface area contributed by atoms with Crippen LogP contribution in [0.15, 0.2) is 18.2 Å². The number of unbranched alkanes of at least 4 members (excludes halogenated alkanes) is 3. The highest BCUT2D eigenvalue weighted by Gasteiger charge is 2.07. The second-order valence-corrected chi connectivity index (χ2v) is 6.63. The summed E-state index contributed by atoms with van der Waals surface area (Å²) in [6, 6.07) is 7.20. The molecule has 0 aliphatic carbocycles. The number of hydrogen-bond donors (Lipinski definition) is 1. The smallest absolute Gasteiger partial charge is 0.0294 e. The van der Waals surface area contributed by atoms with Crippen molar-refractivity contribution in [3.05, 3.63) is 34.9 Å². The highest BCUT2D eigenvalue weighted by Crippen LogP contribution is 2.19. The van der Waals surface area contributed by atoms with E-state index in [-0.39, 0.29) is 0 Å². The molecule has 0 aliphatic heterocycles. The summed E-state index contributed by atoms with van der Waals surface area (Å²) in [6.07, 6.45) is 6.82. The zero-order chi connectivity index (χ0) is 15.0. The van der Waals surface area contributed by atoms with Gasteiger partial charge >= 0.3 is 0 Å². The molecule has 1 heteroatoms. The molecule has 1 unspecified atom stereocenters. The van der Waals surface area contributed by atoms with E-state index in [9.17, 15) is 0 Å². The standard InChI is InChI=1S/C19H33N/c1-15(2)10-8-6-7-9-13-20-18(5)19-14-16(3)11-12-17(19)4/h11-12,14-15,18,20H,6-10,13H2,1-5H3. The third kappa shape index (κ3) is 6.56. The third-order valence-corrected chi connectivity index (χ3v) is 4.06. The molecule has 1 N–H and O–H groups in total. The van der Waals surface area contributed by atoms with Crippen molar-refractivity contribution in [2.75, 3.05) is 6.54 Å². The van der Waals surface area contributed by atoms with Gasteiger partial charge in [0.1, 0.15) is 0 Å². The molecule has 0 heterocycles. The van der Waals surface area contributed by atoms with Crippen LogP contribution in [-0.4, -0.2) is 6.54 Å². The van der Waals surface area contributed by atoms with Crippen LogP contribution in [0, 0.1) is 19.8 Å². The fourth-order valence-electron chi connectivity index (χ4n) is 2.69. The summed E-state index contributed by atoms with van der Waals surface area (Å²) in [5, 5.41) is 3.67. The highest BCUT2D eigenvalue weighted by atomic mass is 14.9. The van der Waals surface area contributed by atoms with E-state index in [1.165, 1.54) is 48.8 Å². The van der Waals surface area contributed by atoms with Gasteiger partial charge < -0.3 is 5.32 Å². The topological polar surface area (TPSA) is 12.0 Å². The van der Waals surface area contributed by atoms with Crippen LogP contribution in [0.4, 0.5) is 0 Å². The lowest BCUT2D eigenvalue weighted by Crippen LogP contribution is -2.20. The Morgan fingerprint density at radius 3 is 2.35 bits per heavy atom. The van der Waals surface area contributed by atoms with E-state index in [2.05, 4.69) is 58.1 Å². The normalized spacial score (nSPS) is 12.9. The Kier molecular flexibility index (Phi) is 7.91. The van der Waals surface area contributed by atoms with Crippen molar-refractivity contribution < 1.29 is 0 Å². The minimum absolute atomic E-state index is 0.463. The van der Waals surface area contributed by atoms with Gasteiger partial charge in [0.2, 0.25) is 0 Å². The van der Waals surface area contributed by atoms with Crippen LogP contribution in [0.3, 0.4) is 0 Å². The van der Waals surface area contributed by atoms with E-state index in [1.54, 1.807) is 0 Å². The molecule has 0 fully saturated rings. The van der Waals surface area contributed by atoms with Gasteiger partial charge in [0.15, 0.2) is 0 Å². The SMILES string of the molecule is Cc1ccc(C)c(C(C)NCCCCCCC(C)C)c1. The van der Waals surface area contributed by atoms with Gasteiger partial charge in [-0.05, 0) is 50.8 Å². The van der Waals surface area contributed by atoms with Gasteiger partial charge in [0, 0.05) is 6.04 Å². The van der Waals surface area contributed by atoms with Crippen molar-refractivity contribution in [2.45, 2.75) is 72.8 Å². The van der Waals surface area contributed by atoms with E-state index in [0.717, 1.165) is 12.5 Å². The van der Waals surface area contributed by atoms with Crippen molar-refractivity contribution in [1.29, 1.82) is 0 Å². The summed E-state index contributed by atoms with van der Waals surface area (Å²) in [6.45, 7) is 12.4. The van der Waals surface area contributed by atoms with Crippen LogP contribution in [-0.2, 0) is 0 Å². The summed E-state index contributed by atoms with van der Waals surface area (Å²) in [5.41, 5.74) is 4.20. The molecule has 0 aromatic heterocycles. The number of hydrogen-bond acceptors (Lipinski definition) is 1. The number of nitrogens with one attached hydrogen (secondary N) is 1. The van der Waals surface area contributed by atoms with E-state index in [0.29, 0.717) is 6.04 Å². The van der Waals surface area contributed by atoms with E-state index < -0.39 is 0 Å². The highest BCUT2D eigenvalue weighted by molar-refractivity contribution is 5.32. The van der Waals surface area contributed by atoms with Crippen LogP contribution in [0.1, 0.15) is 75.6 Å². The molecule has 0 radical (unpaired) electrons. The fourth-order valence-corrected chi connectivity index (χ4v) is 2.69. The molecular weight excluding hydrogens is 242 g/mol. The maximum absolute atomic E-state index is 3.67. The molecule has 114 valence electrons. The molecule has 20 heavy (non-hydrogen) atoms. The van der Waals surface area contributed by atoms with Crippen LogP contribution in [0.5, 0.6) is 0 Å². The maximum atomic E-state index is 3.67. The summed E-state index contributed by atoms with van der Waals surface area (Å²) in [4.78, 5) is 0. The van der Waals surface area contributed by atoms with Crippen molar-refractivity contribution in [2.24, 2.45) is 5.92 Å². The molecule has 0 saturated carbocycles. The molecule has 1 aromatic carbocycles. The van der Waals surface area contributed by atoms with Crippen molar-refractivity contribution in [3.63, 3.8) is 0 Å². The van der Waals surface area contributed by atoms with Gasteiger partial charge in [0.05, 0.1) is 0 Å². The maximum Gasteiger partial charge on any atom is 0.0294 e. The molecule has 0 aliphatic rings. The Morgan fingerprint density at radius 2 is 1.65 bits per heavy atom. The molecule has 1 nitrogen and oxygen atoms in total. The van der Waals surface area contributed by atoms with E-state index in [4.69, 9.17) is 0 Å². The van der Waals surface area contributed by atoms with Gasteiger partial charge in [-0.1, -0.05) is 63.3 Å². The van der Waals surface area contributed by atoms with E-state index >= 15 is 0 Å². The lowest BCUT2D eigenvalue weighted by molar-refractivity contribution is 0.498. The second-order valence-electron chi connectivity index (χ2n) is 6.63. The molecular formula is C19H33N. The first kappa shape index (κ1) is 17.2. The second kappa shape index (κ2) is 9.18. The van der Waals surface area contributed by atoms with E-state index in [1.807, 2.05) is 0 Å². The van der Waals surface area contributed by atoms with Gasteiger partial charge in [0.25, 0.3) is 0 Å². The number of aryl methyl sites for hydroxylation is 2. The quantitative estimate of drug-likeness (QED) is 0.582. The zero-order valence-electron chi connectivity index (χ0n) is 14.1. The minimum Gasteiger partial charge on any atom is -0.310 e. The molecule has 1 atom stereocenters. The summed E-state index contributed by atoms with van der Waals surface area (Å²) >= 11 is 0. The van der Waals surface area contributed by atoms with Crippen LogP contribution in [0.25, 0.3) is 0 Å². The Labute approximate surface area is 126 Å². The molecule has 0 bridgehead atoms. The van der Waals surface area contributed by atoms with Gasteiger partial charge in [-0.25, -0.2) is 0 Å². The number of rotatable bonds is 9. The molecule has 1 rings (SSSR count). The predicted molar refractivity (Wildman–Crippen MR) is 90.3 cm³/mol. The minimum atomic E-state index is 0.463. The molecule has 0 spiro atoms. The van der Waals surface area contributed by atoms with Crippen LogP contribution >= 0.6 is 0 Å². The van der Waals surface area contributed by atoms with Crippen molar-refractivity contribution in [3.8, 4) is 0 Å². The molecule has 0 amide bonds. The van der Waals surface area contributed by atoms with Crippen molar-refractivity contribution >= 4 is 0 Å². The lowest BCUT2D eigenvalue weighted by Gasteiger charge is -2.17. The number of benzene rings is 1. The van der Waals surface area contributed by atoms with Gasteiger partial charge in [-0.2, -0.15) is 0 Å². The lowest BCUT2D eigenvalue weighted by atomic mass is 10.00. The van der Waals surface area contributed by atoms with Gasteiger partial charge in [-0.15, -0.1) is 0 Å². The summed E-state index contributed by atoms with van der Waals surface area (Å²) in [5.74, 6) is 0.859. The van der Waals surface area contributed by atoms with Gasteiger partial charge in [-0.3, -0.25) is 0 Å².